The molecule has 2 N–H and O–H groups in total. The van der Waals surface area contributed by atoms with Crippen LogP contribution in [0.2, 0.25) is 0 Å². The highest BCUT2D eigenvalue weighted by Crippen LogP contribution is 2.16. The maximum atomic E-state index is 11.3. The fourth-order valence-corrected chi connectivity index (χ4v) is 1.73. The number of hydrogen-bond donors (Lipinski definition) is 2. The van der Waals surface area contributed by atoms with Gasteiger partial charge < -0.3 is 9.67 Å². The minimum atomic E-state index is -0.875. The zero-order valence-corrected chi connectivity index (χ0v) is 10.8. The summed E-state index contributed by atoms with van der Waals surface area (Å²) >= 11 is 0. The second-order valence-electron chi connectivity index (χ2n) is 4.17. The SMILES string of the molecule is CCC(CC)(NCc1nnc(C)n1C)C(=O)O. The van der Waals surface area contributed by atoms with E-state index in [1.807, 2.05) is 32.4 Å². The number of rotatable bonds is 6. The summed E-state index contributed by atoms with van der Waals surface area (Å²) < 4.78 is 1.85. The number of carbonyl (C=O) groups is 1. The number of aliphatic carboxylic acids is 1. The van der Waals surface area contributed by atoms with Gasteiger partial charge in [-0.15, -0.1) is 10.2 Å². The normalized spacial score (nSPS) is 11.8. The number of nitrogens with one attached hydrogen (secondary N) is 1. The van der Waals surface area contributed by atoms with Crippen LogP contribution in [-0.4, -0.2) is 31.4 Å². The molecule has 0 amide bonds. The first-order chi connectivity index (χ1) is 7.96. The van der Waals surface area contributed by atoms with Gasteiger partial charge in [0.25, 0.3) is 0 Å². The van der Waals surface area contributed by atoms with E-state index >= 15 is 0 Å². The lowest BCUT2D eigenvalue weighted by atomic mass is 9.93. The summed E-state index contributed by atoms with van der Waals surface area (Å²) in [5.74, 6) is 0.743. The predicted octanol–water partition coefficient (Wildman–Crippen LogP) is 0.857. The Hall–Kier alpha value is -1.43. The fraction of sp³-hybridized carbons (Fsp3) is 0.727. The van der Waals surface area contributed by atoms with Crippen molar-refractivity contribution in [1.29, 1.82) is 0 Å². The zero-order chi connectivity index (χ0) is 13.1. The molecular formula is C11H20N4O2. The Bertz CT molecular complexity index is 396. The zero-order valence-electron chi connectivity index (χ0n) is 10.8. The van der Waals surface area contributed by atoms with Gasteiger partial charge in [0.05, 0.1) is 6.54 Å². The van der Waals surface area contributed by atoms with Crippen LogP contribution in [-0.2, 0) is 18.4 Å². The molecule has 0 spiro atoms. The van der Waals surface area contributed by atoms with Gasteiger partial charge in [-0.2, -0.15) is 0 Å². The number of aromatic nitrogens is 3. The van der Waals surface area contributed by atoms with Crippen LogP contribution in [0.15, 0.2) is 0 Å². The minimum absolute atomic E-state index is 0.408. The van der Waals surface area contributed by atoms with Gasteiger partial charge in [-0.05, 0) is 19.8 Å². The van der Waals surface area contributed by atoms with E-state index in [0.717, 1.165) is 11.6 Å². The Morgan fingerprint density at radius 2 is 2.00 bits per heavy atom. The van der Waals surface area contributed by atoms with Gasteiger partial charge in [0.15, 0.2) is 0 Å². The summed E-state index contributed by atoms with van der Waals surface area (Å²) in [5.41, 5.74) is -0.875. The monoisotopic (exact) mass is 240 g/mol. The van der Waals surface area contributed by atoms with Crippen molar-refractivity contribution in [1.82, 2.24) is 20.1 Å². The molecule has 6 heteroatoms. The molecule has 1 aromatic rings. The summed E-state index contributed by atoms with van der Waals surface area (Å²) in [6.45, 7) is 6.00. The van der Waals surface area contributed by atoms with E-state index in [2.05, 4.69) is 15.5 Å². The van der Waals surface area contributed by atoms with Gasteiger partial charge in [0.2, 0.25) is 0 Å². The van der Waals surface area contributed by atoms with E-state index in [0.29, 0.717) is 19.4 Å². The number of hydrogen-bond acceptors (Lipinski definition) is 4. The largest absolute Gasteiger partial charge is 0.480 e. The third-order valence-corrected chi connectivity index (χ3v) is 3.38. The number of carboxylic acids is 1. The van der Waals surface area contributed by atoms with E-state index in [1.54, 1.807) is 0 Å². The van der Waals surface area contributed by atoms with Gasteiger partial charge in [0.1, 0.15) is 17.2 Å². The van der Waals surface area contributed by atoms with Crippen LogP contribution in [0.1, 0.15) is 38.3 Å². The molecule has 0 aliphatic carbocycles. The molecule has 0 aliphatic rings. The lowest BCUT2D eigenvalue weighted by Gasteiger charge is -2.27. The van der Waals surface area contributed by atoms with E-state index in [9.17, 15) is 9.90 Å². The first kappa shape index (κ1) is 13.6. The van der Waals surface area contributed by atoms with Crippen molar-refractivity contribution in [3.05, 3.63) is 11.6 Å². The molecule has 0 aromatic carbocycles. The number of carboxylic acid groups (broad SMARTS) is 1. The Morgan fingerprint density at radius 3 is 2.35 bits per heavy atom. The van der Waals surface area contributed by atoms with Gasteiger partial charge >= 0.3 is 5.97 Å². The maximum Gasteiger partial charge on any atom is 0.323 e. The van der Waals surface area contributed by atoms with Crippen LogP contribution in [0.3, 0.4) is 0 Å². The first-order valence-electron chi connectivity index (χ1n) is 5.80. The smallest absolute Gasteiger partial charge is 0.323 e. The van der Waals surface area contributed by atoms with Crippen LogP contribution in [0.4, 0.5) is 0 Å². The van der Waals surface area contributed by atoms with Crippen molar-refractivity contribution in [2.45, 2.75) is 45.7 Å². The van der Waals surface area contributed by atoms with Gasteiger partial charge in [0, 0.05) is 7.05 Å². The standard InChI is InChI=1S/C11H20N4O2/c1-5-11(6-2,10(16)17)12-7-9-14-13-8(3)15(9)4/h12H,5-7H2,1-4H3,(H,16,17). The van der Waals surface area contributed by atoms with E-state index < -0.39 is 11.5 Å². The third kappa shape index (κ3) is 2.63. The molecule has 0 bridgehead atoms. The average molecular weight is 240 g/mol. The van der Waals surface area contributed by atoms with Crippen molar-refractivity contribution in [2.24, 2.45) is 7.05 Å². The summed E-state index contributed by atoms with van der Waals surface area (Å²) in [6, 6.07) is 0. The highest BCUT2D eigenvalue weighted by atomic mass is 16.4. The van der Waals surface area contributed by atoms with Crippen molar-refractivity contribution in [3.8, 4) is 0 Å². The molecule has 1 rings (SSSR count). The van der Waals surface area contributed by atoms with E-state index in [-0.39, 0.29) is 0 Å². The Labute approximate surface area is 101 Å². The van der Waals surface area contributed by atoms with Crippen LogP contribution in [0, 0.1) is 6.92 Å². The molecule has 6 nitrogen and oxygen atoms in total. The van der Waals surface area contributed by atoms with Gasteiger partial charge in [-0.3, -0.25) is 10.1 Å². The molecule has 96 valence electrons. The number of aryl methyl sites for hydroxylation is 1. The summed E-state index contributed by atoms with van der Waals surface area (Å²) in [7, 11) is 1.87. The highest BCUT2D eigenvalue weighted by Gasteiger charge is 2.34. The molecular weight excluding hydrogens is 220 g/mol. The fourth-order valence-electron chi connectivity index (χ4n) is 1.73. The molecule has 0 saturated heterocycles. The predicted molar refractivity (Wildman–Crippen MR) is 63.5 cm³/mol. The van der Waals surface area contributed by atoms with Crippen molar-refractivity contribution in [3.63, 3.8) is 0 Å². The van der Waals surface area contributed by atoms with E-state index in [4.69, 9.17) is 0 Å². The van der Waals surface area contributed by atoms with Crippen molar-refractivity contribution < 1.29 is 9.90 Å². The molecule has 17 heavy (non-hydrogen) atoms. The molecule has 0 aliphatic heterocycles. The Kier molecular flexibility index (Phi) is 4.22. The third-order valence-electron chi connectivity index (χ3n) is 3.38. The first-order valence-corrected chi connectivity index (χ1v) is 5.80. The van der Waals surface area contributed by atoms with Gasteiger partial charge in [-0.25, -0.2) is 0 Å². The molecule has 0 radical (unpaired) electrons. The van der Waals surface area contributed by atoms with Crippen LogP contribution in [0.25, 0.3) is 0 Å². The van der Waals surface area contributed by atoms with E-state index in [1.165, 1.54) is 0 Å². The van der Waals surface area contributed by atoms with Crippen LogP contribution in [0.5, 0.6) is 0 Å². The molecule has 0 atom stereocenters. The Balaban J connectivity index is 2.77. The lowest BCUT2D eigenvalue weighted by Crippen LogP contribution is -2.51. The second-order valence-corrected chi connectivity index (χ2v) is 4.17. The molecule has 0 saturated carbocycles. The molecule has 1 aromatic heterocycles. The second kappa shape index (κ2) is 5.27. The topological polar surface area (TPSA) is 80.0 Å². The quantitative estimate of drug-likeness (QED) is 0.770. The minimum Gasteiger partial charge on any atom is -0.480 e. The molecule has 0 unspecified atom stereocenters. The van der Waals surface area contributed by atoms with Gasteiger partial charge in [-0.1, -0.05) is 13.8 Å². The number of nitrogens with zero attached hydrogens (tertiary/aromatic N) is 3. The lowest BCUT2D eigenvalue weighted by molar-refractivity contribution is -0.145. The Morgan fingerprint density at radius 1 is 1.41 bits per heavy atom. The van der Waals surface area contributed by atoms with Crippen LogP contribution < -0.4 is 5.32 Å². The summed E-state index contributed by atoms with van der Waals surface area (Å²) in [4.78, 5) is 11.3. The summed E-state index contributed by atoms with van der Waals surface area (Å²) in [6.07, 6.45) is 1.07. The van der Waals surface area contributed by atoms with Crippen LogP contribution >= 0.6 is 0 Å². The average Bonchev–Trinajstić information content (AvgIpc) is 2.62. The molecule has 0 fully saturated rings. The highest BCUT2D eigenvalue weighted by molar-refractivity contribution is 5.78. The van der Waals surface area contributed by atoms with Crippen molar-refractivity contribution in [2.75, 3.05) is 0 Å². The maximum absolute atomic E-state index is 11.3. The van der Waals surface area contributed by atoms with Crippen molar-refractivity contribution >= 4 is 5.97 Å². The molecule has 1 heterocycles. The summed E-state index contributed by atoms with van der Waals surface area (Å²) in [5, 5.41) is 20.3.